The zero-order valence-electron chi connectivity index (χ0n) is 47.9. The van der Waals surface area contributed by atoms with Gasteiger partial charge in [-0.05, 0) is 147 Å². The van der Waals surface area contributed by atoms with E-state index >= 15 is 0 Å². The van der Waals surface area contributed by atoms with Crippen LogP contribution in [0.3, 0.4) is 0 Å². The molecule has 416 valence electrons. The van der Waals surface area contributed by atoms with Crippen LogP contribution in [0.25, 0.3) is 0 Å². The van der Waals surface area contributed by atoms with Gasteiger partial charge in [-0.1, -0.05) is 33.8 Å². The summed E-state index contributed by atoms with van der Waals surface area (Å²) >= 11 is 0. The molecule has 1 aromatic carbocycles. The van der Waals surface area contributed by atoms with Crippen molar-refractivity contribution in [2.75, 3.05) is 58.0 Å². The highest BCUT2D eigenvalue weighted by Gasteiger charge is 2.21. The van der Waals surface area contributed by atoms with Gasteiger partial charge in [-0.15, -0.1) is 0 Å². The number of nitrogens with two attached hydrogens (primary N) is 1. The first-order valence-electron chi connectivity index (χ1n) is 26.0. The second-order valence-corrected chi connectivity index (χ2v) is 17.8. The first-order valence-corrected chi connectivity index (χ1v) is 26.0. The number of hydrogen-bond acceptors (Lipinski definition) is 15. The van der Waals surface area contributed by atoms with E-state index in [0.29, 0.717) is 29.8 Å². The van der Waals surface area contributed by atoms with Gasteiger partial charge in [0.25, 0.3) is 0 Å². The van der Waals surface area contributed by atoms with Gasteiger partial charge < -0.3 is 30.3 Å². The Kier molecular flexibility index (Phi) is 34.6. The number of likely N-dealkylation sites (tertiary alicyclic amines) is 2. The van der Waals surface area contributed by atoms with Crippen LogP contribution < -0.4 is 15.8 Å². The molecular weight excluding hydrogens is 962 g/mol. The molecule has 0 radical (unpaired) electrons. The van der Waals surface area contributed by atoms with Crippen molar-refractivity contribution in [3.05, 3.63) is 149 Å². The van der Waals surface area contributed by atoms with Crippen LogP contribution in [0.2, 0.25) is 0 Å². The maximum Gasteiger partial charge on any atom is 0.225 e. The third-order valence-corrected chi connectivity index (χ3v) is 11.6. The lowest BCUT2D eigenvalue weighted by molar-refractivity contribution is -0.905. The molecule has 0 bridgehead atoms. The van der Waals surface area contributed by atoms with Crippen LogP contribution in [0.5, 0.6) is 0 Å². The van der Waals surface area contributed by atoms with Crippen LogP contribution in [0.1, 0.15) is 118 Å². The minimum absolute atomic E-state index is 0.137. The lowest BCUT2D eigenvalue weighted by Crippen LogP contribution is -2.39. The molecule has 1 atom stereocenters. The normalized spacial score (nSPS) is 13.2. The molecule has 19 heteroatoms. The number of anilines is 2. The number of piperidine rings is 1. The van der Waals surface area contributed by atoms with Crippen molar-refractivity contribution < 1.29 is 23.8 Å². The van der Waals surface area contributed by atoms with Crippen molar-refractivity contribution in [2.24, 2.45) is 0 Å². The smallest absolute Gasteiger partial charge is 0.225 e. The molecule has 2 fully saturated rings. The Morgan fingerprint density at radius 3 is 1.64 bits per heavy atom. The summed E-state index contributed by atoms with van der Waals surface area (Å²) in [6.45, 7) is 28.5. The predicted octanol–water partition coefficient (Wildman–Crippen LogP) is 9.68. The molecule has 1 unspecified atom stereocenters. The number of nitrogens with zero attached hydrogens (tertiary/aromatic N) is 11. The number of halogens is 1. The molecule has 6 aromatic rings. The zero-order valence-corrected chi connectivity index (χ0v) is 47.9. The summed E-state index contributed by atoms with van der Waals surface area (Å²) in [6.07, 6.45) is 19.7. The number of hydrogen-bond donors (Lipinski definition) is 5. The summed E-state index contributed by atoms with van der Waals surface area (Å²) in [5.41, 5.74) is 13.9. The van der Waals surface area contributed by atoms with Crippen molar-refractivity contribution in [3.8, 4) is 0 Å². The fourth-order valence-electron chi connectivity index (χ4n) is 6.91. The van der Waals surface area contributed by atoms with Crippen molar-refractivity contribution in [2.45, 2.75) is 140 Å². The monoisotopic (exact) mass is 1050 g/mol. The maximum atomic E-state index is 12.5. The van der Waals surface area contributed by atoms with Crippen LogP contribution in [-0.2, 0) is 28.7 Å². The third-order valence-electron chi connectivity index (χ3n) is 11.6. The molecule has 76 heavy (non-hydrogen) atoms. The Morgan fingerprint density at radius 2 is 1.24 bits per heavy atom. The van der Waals surface area contributed by atoms with Crippen LogP contribution in [0, 0.1) is 58.2 Å². The minimum atomic E-state index is -0.137. The highest BCUT2D eigenvalue weighted by molar-refractivity contribution is 5.76. The molecule has 0 saturated carbocycles. The number of aromatic nitrogens is 9. The number of rotatable bonds is 8. The van der Waals surface area contributed by atoms with E-state index in [1.54, 1.807) is 63.5 Å². The van der Waals surface area contributed by atoms with Gasteiger partial charge in [0.05, 0.1) is 23.9 Å². The number of methoxy groups -OCH3 is 2. The fourth-order valence-corrected chi connectivity index (χ4v) is 6.91. The van der Waals surface area contributed by atoms with Gasteiger partial charge in [-0.2, -0.15) is 0 Å². The summed E-state index contributed by atoms with van der Waals surface area (Å²) in [4.78, 5) is 35.7. The van der Waals surface area contributed by atoms with E-state index in [0.717, 1.165) is 123 Å². The van der Waals surface area contributed by atoms with Gasteiger partial charge in [0.15, 0.2) is 0 Å². The van der Waals surface area contributed by atoms with Gasteiger partial charge in [-0.25, -0.2) is 44.3 Å². The molecule has 5 aromatic heterocycles. The lowest BCUT2D eigenvalue weighted by Gasteiger charge is -2.31. The second kappa shape index (κ2) is 39.3. The number of ether oxygens (including phenoxy) is 2. The standard InChI is InChI=1S/C9H11F.C8H13N3.C8H16N2O.C8H12NO.C7H14N2O.C7H10N2.C5H7N3.C5H6N2/c1-3-8-6-9(10)5-4-7(8)2;1-3-5-9-8-10-6-4-7(2)11-8;1-7(9)10-5-3-8(11-2)4-6-10;1-3-8-6-9(10)5-4-7(8)2;1-6(8)9-4-3-7(5-9)10-2;1-3-7-8-5-4-6(2)9-7;1-4-2-3-7-5(6)8-4;1-5-2-3-6-4-7-5/h4-6H,3H2,1-2H3;4,6H,3,5H2,1-2H3,(H,9,10,11);8-9H,3-6H2,1-2H3;4-6,10H,3H2,1-2H3;7-8H,3-5H2,1-2H3;4-5H,3H2,1-2H3;2-3H,1H3,(H2,6,7,8);2-4H,1H3/q;;;+1;;;;. The summed E-state index contributed by atoms with van der Waals surface area (Å²) < 4.78 is 24.0. The van der Waals surface area contributed by atoms with Crippen LogP contribution in [0.4, 0.5) is 16.3 Å². The molecular formula is C57H89FN15O3+. The first kappa shape index (κ1) is 66.9. The Bertz CT molecular complexity index is 2450. The van der Waals surface area contributed by atoms with Crippen LogP contribution >= 0.6 is 0 Å². The van der Waals surface area contributed by atoms with E-state index < -0.39 is 0 Å². The fraction of sp³-hybridized carbons (Fsp3) is 0.491. The SMILES string of the molecule is CCCNc1nccc(C)n1.CCc1c[n+](O)ccc1C.CCc1cc(F)ccc1C.CCc1nccc(C)n1.COC1CCN(C(C)=N)C1.COC1CCN(C(C)=N)CC1.Cc1ccnc(N)n1.Cc1ccncn1. The molecule has 0 spiro atoms. The number of nitrogen functional groups attached to an aromatic ring is 1. The van der Waals surface area contributed by atoms with Gasteiger partial charge in [-0.3, -0.25) is 16.0 Å². The van der Waals surface area contributed by atoms with Crippen LogP contribution in [-0.4, -0.2) is 126 Å². The minimum Gasteiger partial charge on any atom is -0.381 e. The van der Waals surface area contributed by atoms with Crippen molar-refractivity contribution in [3.63, 3.8) is 0 Å². The molecule has 0 amide bonds. The number of benzene rings is 1. The Hall–Kier alpha value is -7.12. The maximum absolute atomic E-state index is 12.5. The molecule has 18 nitrogen and oxygen atoms in total. The highest BCUT2D eigenvalue weighted by atomic mass is 19.1. The summed E-state index contributed by atoms with van der Waals surface area (Å²) in [5.74, 6) is 3.19. The van der Waals surface area contributed by atoms with E-state index in [1.807, 2.05) is 97.5 Å². The number of aryl methyl sites for hydroxylation is 9. The predicted molar refractivity (Wildman–Crippen MR) is 303 cm³/mol. The van der Waals surface area contributed by atoms with E-state index in [1.165, 1.54) is 29.1 Å². The van der Waals surface area contributed by atoms with Crippen molar-refractivity contribution in [1.82, 2.24) is 49.7 Å². The van der Waals surface area contributed by atoms with E-state index in [4.69, 9.17) is 31.2 Å². The van der Waals surface area contributed by atoms with E-state index in [9.17, 15) is 4.39 Å². The second-order valence-electron chi connectivity index (χ2n) is 17.8. The molecule has 2 saturated heterocycles. The largest absolute Gasteiger partial charge is 0.381 e. The molecule has 6 N–H and O–H groups in total. The topological polar surface area (TPSA) is 238 Å². The lowest BCUT2D eigenvalue weighted by atomic mass is 10.1. The Labute approximate surface area is 453 Å². The first-order chi connectivity index (χ1) is 36.3. The highest BCUT2D eigenvalue weighted by Crippen LogP contribution is 2.13. The quantitative estimate of drug-likeness (QED) is 0.0413. The number of amidine groups is 2. The molecule has 7 heterocycles. The molecule has 8 rings (SSSR count). The summed E-state index contributed by atoms with van der Waals surface area (Å²) in [7, 11) is 3.49. The zero-order chi connectivity index (χ0) is 56.8. The van der Waals surface area contributed by atoms with Gasteiger partial charge in [0.1, 0.15) is 18.0 Å². The summed E-state index contributed by atoms with van der Waals surface area (Å²) in [5, 5.41) is 26.8. The molecule has 0 aliphatic carbocycles. The third kappa shape index (κ3) is 30.3. The number of pyridine rings is 1. The van der Waals surface area contributed by atoms with Gasteiger partial charge in [0.2, 0.25) is 24.3 Å². The van der Waals surface area contributed by atoms with Crippen molar-refractivity contribution >= 4 is 23.6 Å². The van der Waals surface area contributed by atoms with E-state index in [-0.39, 0.29) is 5.82 Å². The van der Waals surface area contributed by atoms with E-state index in [2.05, 4.69) is 70.9 Å². The Morgan fingerprint density at radius 1 is 0.684 bits per heavy atom. The summed E-state index contributed by atoms with van der Waals surface area (Å²) in [6, 6.07) is 14.3. The van der Waals surface area contributed by atoms with Gasteiger partial charge in [0, 0.05) is 117 Å². The average Bonchev–Trinajstić information content (AvgIpc) is 3.91. The Balaban J connectivity index is 0.000000436. The number of nitrogens with one attached hydrogen (secondary N) is 3. The molecule has 2 aliphatic heterocycles. The molecule has 2 aliphatic rings. The average molecular weight is 1050 g/mol. The van der Waals surface area contributed by atoms with Crippen LogP contribution in [0.15, 0.2) is 92.0 Å². The van der Waals surface area contributed by atoms with Gasteiger partial charge >= 0.3 is 0 Å². The van der Waals surface area contributed by atoms with Crippen molar-refractivity contribution in [1.29, 1.82) is 10.8 Å².